The molecule has 252 valence electrons. The number of pyridine rings is 1. The van der Waals surface area contributed by atoms with E-state index in [0.29, 0.717) is 0 Å². The van der Waals surface area contributed by atoms with Gasteiger partial charge in [-0.05, 0) is 105 Å². The normalized spacial score (nSPS) is 12.9. The number of fused-ring (bicyclic) bond motifs is 6. The Morgan fingerprint density at radius 2 is 1.13 bits per heavy atom. The van der Waals surface area contributed by atoms with Gasteiger partial charge in [-0.2, -0.15) is 0 Å². The molecule has 0 amide bonds. The molecule has 0 saturated carbocycles. The first-order chi connectivity index (χ1) is 26.1. The van der Waals surface area contributed by atoms with Crippen molar-refractivity contribution < 1.29 is 0 Å². The van der Waals surface area contributed by atoms with Crippen LogP contribution in [0.4, 0.5) is 17.1 Å². The van der Waals surface area contributed by atoms with Crippen LogP contribution >= 0.6 is 0 Å². The van der Waals surface area contributed by atoms with E-state index in [1.807, 2.05) is 18.5 Å². The number of aromatic nitrogens is 2. The third kappa shape index (κ3) is 5.00. The van der Waals surface area contributed by atoms with Crippen LogP contribution in [-0.2, 0) is 5.41 Å². The van der Waals surface area contributed by atoms with Crippen molar-refractivity contribution in [2.75, 3.05) is 4.90 Å². The molecule has 0 saturated heterocycles. The maximum absolute atomic E-state index is 4.32. The van der Waals surface area contributed by atoms with E-state index in [-0.39, 0.29) is 5.41 Å². The van der Waals surface area contributed by atoms with Crippen LogP contribution in [0.25, 0.3) is 60.9 Å². The number of nitrogens with zero attached hydrogens (tertiary/aromatic N) is 3. The lowest BCUT2D eigenvalue weighted by Crippen LogP contribution is -2.18. The number of hydrogen-bond donors (Lipinski definition) is 0. The zero-order chi connectivity index (χ0) is 35.5. The third-order valence-electron chi connectivity index (χ3n) is 11.0. The fraction of sp³-hybridized carbons (Fsp3) is 0.0600. The molecular formula is C50H37N3. The summed E-state index contributed by atoms with van der Waals surface area (Å²) < 4.78 is 2.50. The highest BCUT2D eigenvalue weighted by Gasteiger charge is 2.38. The molecule has 53 heavy (non-hydrogen) atoms. The summed E-state index contributed by atoms with van der Waals surface area (Å²) >= 11 is 0. The largest absolute Gasteiger partial charge is 0.310 e. The standard InChI is InChI=1S/C50H37N3/c1-50(2)45-21-8-6-18-41(45)44-20-11-23-47(49(44)50)53-46-22-9-7-19-42(46)43-29-26-36(32-48(43)53)35-13-10-17-40(31-35)52(38-15-4-3-5-16-38)39-27-24-34(25-28-39)37-14-12-30-51-33-37/h3-33H,1-2H3. The molecule has 9 aromatic rings. The zero-order valence-electron chi connectivity index (χ0n) is 29.7. The van der Waals surface area contributed by atoms with Crippen LogP contribution in [0.1, 0.15) is 25.0 Å². The SMILES string of the molecule is CC1(C)c2ccccc2-c2cccc(-n3c4ccccc4c4ccc(-c5cccc(N(c6ccccc6)c6ccc(-c7cccnc7)cc6)c5)cc43)c21. The molecule has 0 atom stereocenters. The van der Waals surface area contributed by atoms with Crippen LogP contribution in [0.15, 0.2) is 188 Å². The van der Waals surface area contributed by atoms with E-state index in [0.717, 1.165) is 28.2 Å². The molecule has 1 aliphatic carbocycles. The molecular weight excluding hydrogens is 643 g/mol. The van der Waals surface area contributed by atoms with E-state index in [1.165, 1.54) is 60.9 Å². The summed E-state index contributed by atoms with van der Waals surface area (Å²) in [5, 5.41) is 2.52. The molecule has 0 aliphatic heterocycles. The summed E-state index contributed by atoms with van der Waals surface area (Å²) in [4.78, 5) is 6.66. The molecule has 0 fully saturated rings. The lowest BCUT2D eigenvalue weighted by molar-refractivity contribution is 0.656. The van der Waals surface area contributed by atoms with Crippen molar-refractivity contribution in [1.29, 1.82) is 0 Å². The zero-order valence-corrected chi connectivity index (χ0v) is 29.7. The number of anilines is 3. The summed E-state index contributed by atoms with van der Waals surface area (Å²) in [6.07, 6.45) is 3.72. The molecule has 0 N–H and O–H groups in total. The maximum Gasteiger partial charge on any atom is 0.0547 e. The fourth-order valence-corrected chi connectivity index (χ4v) is 8.60. The monoisotopic (exact) mass is 679 g/mol. The average Bonchev–Trinajstić information content (AvgIpc) is 3.67. The highest BCUT2D eigenvalue weighted by Crippen LogP contribution is 2.52. The van der Waals surface area contributed by atoms with Crippen LogP contribution < -0.4 is 4.90 Å². The molecule has 10 rings (SSSR count). The van der Waals surface area contributed by atoms with Crippen LogP contribution in [0.5, 0.6) is 0 Å². The van der Waals surface area contributed by atoms with Crippen molar-refractivity contribution in [1.82, 2.24) is 9.55 Å². The van der Waals surface area contributed by atoms with E-state index in [4.69, 9.17) is 0 Å². The van der Waals surface area contributed by atoms with Crippen LogP contribution in [0.2, 0.25) is 0 Å². The minimum Gasteiger partial charge on any atom is -0.310 e. The molecule has 2 heterocycles. The number of para-hydroxylation sites is 2. The van der Waals surface area contributed by atoms with Crippen molar-refractivity contribution in [3.63, 3.8) is 0 Å². The minimum absolute atomic E-state index is 0.136. The molecule has 0 spiro atoms. The van der Waals surface area contributed by atoms with Crippen molar-refractivity contribution in [3.8, 4) is 39.1 Å². The quantitative estimate of drug-likeness (QED) is 0.174. The molecule has 0 unspecified atom stereocenters. The Labute approximate surface area is 310 Å². The first-order valence-corrected chi connectivity index (χ1v) is 18.3. The lowest BCUT2D eigenvalue weighted by atomic mass is 9.81. The van der Waals surface area contributed by atoms with Crippen LogP contribution in [0.3, 0.4) is 0 Å². The number of hydrogen-bond acceptors (Lipinski definition) is 2. The van der Waals surface area contributed by atoms with Crippen molar-refractivity contribution >= 4 is 38.9 Å². The highest BCUT2D eigenvalue weighted by atomic mass is 15.1. The van der Waals surface area contributed by atoms with Gasteiger partial charge in [-0.1, -0.05) is 129 Å². The predicted molar refractivity (Wildman–Crippen MR) is 222 cm³/mol. The number of rotatable bonds is 6. The van der Waals surface area contributed by atoms with Gasteiger partial charge in [0.25, 0.3) is 0 Å². The second-order valence-electron chi connectivity index (χ2n) is 14.5. The summed E-state index contributed by atoms with van der Waals surface area (Å²) in [6.45, 7) is 4.74. The predicted octanol–water partition coefficient (Wildman–Crippen LogP) is 13.3. The van der Waals surface area contributed by atoms with Gasteiger partial charge in [0.15, 0.2) is 0 Å². The summed E-state index contributed by atoms with van der Waals surface area (Å²) in [7, 11) is 0. The number of benzene rings is 7. The van der Waals surface area contributed by atoms with Gasteiger partial charge in [-0.3, -0.25) is 4.98 Å². The molecule has 0 bridgehead atoms. The lowest BCUT2D eigenvalue weighted by Gasteiger charge is -2.26. The van der Waals surface area contributed by atoms with E-state index in [2.05, 4.69) is 198 Å². The van der Waals surface area contributed by atoms with Crippen molar-refractivity contribution in [3.05, 3.63) is 199 Å². The molecule has 7 aromatic carbocycles. The molecule has 3 nitrogen and oxygen atoms in total. The summed E-state index contributed by atoms with van der Waals surface area (Å²) in [5.74, 6) is 0. The minimum atomic E-state index is -0.136. The smallest absolute Gasteiger partial charge is 0.0547 e. The third-order valence-corrected chi connectivity index (χ3v) is 11.0. The Hall–Kier alpha value is -6.71. The van der Waals surface area contributed by atoms with Gasteiger partial charge in [0, 0.05) is 45.6 Å². The van der Waals surface area contributed by atoms with E-state index >= 15 is 0 Å². The van der Waals surface area contributed by atoms with Gasteiger partial charge in [0.1, 0.15) is 0 Å². The highest BCUT2D eigenvalue weighted by molar-refractivity contribution is 6.10. The average molecular weight is 680 g/mol. The Kier molecular flexibility index (Phi) is 7.16. The van der Waals surface area contributed by atoms with Crippen molar-refractivity contribution in [2.45, 2.75) is 19.3 Å². The van der Waals surface area contributed by atoms with Gasteiger partial charge in [0.05, 0.1) is 16.7 Å². The Morgan fingerprint density at radius 1 is 0.472 bits per heavy atom. The molecule has 1 aliphatic rings. The second kappa shape index (κ2) is 12.2. The second-order valence-corrected chi connectivity index (χ2v) is 14.5. The van der Waals surface area contributed by atoms with Gasteiger partial charge < -0.3 is 9.47 Å². The van der Waals surface area contributed by atoms with Crippen LogP contribution in [0, 0.1) is 0 Å². The van der Waals surface area contributed by atoms with Gasteiger partial charge >= 0.3 is 0 Å². The maximum atomic E-state index is 4.32. The fourth-order valence-electron chi connectivity index (χ4n) is 8.60. The molecule has 3 heteroatoms. The first-order valence-electron chi connectivity index (χ1n) is 18.3. The molecule has 2 aromatic heterocycles. The van der Waals surface area contributed by atoms with Crippen molar-refractivity contribution in [2.24, 2.45) is 0 Å². The van der Waals surface area contributed by atoms with E-state index < -0.39 is 0 Å². The molecule has 0 radical (unpaired) electrons. The topological polar surface area (TPSA) is 21.1 Å². The Morgan fingerprint density at radius 3 is 1.98 bits per heavy atom. The van der Waals surface area contributed by atoms with E-state index in [9.17, 15) is 0 Å². The van der Waals surface area contributed by atoms with E-state index in [1.54, 1.807) is 0 Å². The van der Waals surface area contributed by atoms with Gasteiger partial charge in [0.2, 0.25) is 0 Å². The summed E-state index contributed by atoms with van der Waals surface area (Å²) in [6, 6.07) is 63.9. The first kappa shape index (κ1) is 31.1. The Balaban J connectivity index is 1.12. The summed E-state index contributed by atoms with van der Waals surface area (Å²) in [5.41, 5.74) is 16.9. The van der Waals surface area contributed by atoms with Gasteiger partial charge in [-0.15, -0.1) is 0 Å². The van der Waals surface area contributed by atoms with Gasteiger partial charge in [-0.25, -0.2) is 0 Å². The Bertz CT molecular complexity index is 2790. The van der Waals surface area contributed by atoms with Crippen LogP contribution in [-0.4, -0.2) is 9.55 Å².